The summed E-state index contributed by atoms with van der Waals surface area (Å²) in [6, 6.07) is 4.79. The molecule has 2 rings (SSSR count). The van der Waals surface area contributed by atoms with Crippen LogP contribution in [0.2, 0.25) is 5.02 Å². The van der Waals surface area contributed by atoms with Crippen molar-refractivity contribution >= 4 is 11.6 Å². The molecule has 1 fully saturated rings. The Labute approximate surface area is 125 Å². The molecule has 20 heavy (non-hydrogen) atoms. The molecule has 1 aliphatic rings. The molecule has 3 nitrogen and oxygen atoms in total. The number of halogens is 2. The van der Waals surface area contributed by atoms with Gasteiger partial charge in [-0.05, 0) is 32.1 Å². The fourth-order valence-corrected chi connectivity index (χ4v) is 2.79. The topological polar surface area (TPSA) is 24.5 Å². The lowest BCUT2D eigenvalue weighted by Gasteiger charge is -2.39. The molecular formula is C15H22ClFN2O. The molecule has 2 unspecified atom stereocenters. The van der Waals surface area contributed by atoms with Gasteiger partial charge in [-0.25, -0.2) is 4.39 Å². The average Bonchev–Trinajstić information content (AvgIpc) is 2.41. The standard InChI is InChI=1S/C15H22ClFN2O/c1-3-6-18-10-14-15(19(2)7-8-20-14)12-5-4-11(16)9-13(12)17/h4-5,9,14-15,18H,3,6-8,10H2,1-2H3. The van der Waals surface area contributed by atoms with Gasteiger partial charge in [0.25, 0.3) is 0 Å². The van der Waals surface area contributed by atoms with Gasteiger partial charge in [0.15, 0.2) is 0 Å². The Balaban J connectivity index is 2.18. The Morgan fingerprint density at radius 1 is 1.50 bits per heavy atom. The second-order valence-corrected chi connectivity index (χ2v) is 5.64. The van der Waals surface area contributed by atoms with Crippen molar-refractivity contribution in [3.05, 3.63) is 34.6 Å². The van der Waals surface area contributed by atoms with E-state index in [9.17, 15) is 4.39 Å². The molecule has 5 heteroatoms. The molecule has 1 N–H and O–H groups in total. The number of benzene rings is 1. The summed E-state index contributed by atoms with van der Waals surface area (Å²) in [5.41, 5.74) is 0.653. The first-order valence-corrected chi connectivity index (χ1v) is 7.48. The Hall–Kier alpha value is -0.680. The van der Waals surface area contributed by atoms with E-state index in [1.807, 2.05) is 7.05 Å². The zero-order chi connectivity index (χ0) is 14.5. The third kappa shape index (κ3) is 3.70. The molecule has 1 aromatic carbocycles. The largest absolute Gasteiger partial charge is 0.374 e. The van der Waals surface area contributed by atoms with Crippen LogP contribution in [0.3, 0.4) is 0 Å². The fourth-order valence-electron chi connectivity index (χ4n) is 2.63. The molecule has 0 aromatic heterocycles. The lowest BCUT2D eigenvalue weighted by Crippen LogP contribution is -2.47. The number of rotatable bonds is 5. The maximum Gasteiger partial charge on any atom is 0.129 e. The molecule has 2 atom stereocenters. The monoisotopic (exact) mass is 300 g/mol. The molecule has 1 saturated heterocycles. The lowest BCUT2D eigenvalue weighted by molar-refractivity contribution is -0.0622. The molecule has 0 radical (unpaired) electrons. The maximum atomic E-state index is 14.2. The summed E-state index contributed by atoms with van der Waals surface area (Å²) in [6.45, 7) is 5.28. The molecule has 1 aliphatic heterocycles. The Morgan fingerprint density at radius 3 is 3.00 bits per heavy atom. The van der Waals surface area contributed by atoms with Crippen LogP contribution >= 0.6 is 11.6 Å². The first-order valence-electron chi connectivity index (χ1n) is 7.11. The highest BCUT2D eigenvalue weighted by atomic mass is 35.5. The van der Waals surface area contributed by atoms with Crippen LogP contribution in [0, 0.1) is 5.82 Å². The summed E-state index contributed by atoms with van der Waals surface area (Å²) in [5, 5.41) is 3.78. The molecule has 0 amide bonds. The van der Waals surface area contributed by atoms with E-state index in [1.54, 1.807) is 12.1 Å². The van der Waals surface area contributed by atoms with Crippen LogP contribution in [0.15, 0.2) is 18.2 Å². The van der Waals surface area contributed by atoms with Gasteiger partial charge in [-0.3, -0.25) is 4.90 Å². The van der Waals surface area contributed by atoms with Crippen molar-refractivity contribution < 1.29 is 9.13 Å². The number of likely N-dealkylation sites (N-methyl/N-ethyl adjacent to an activating group) is 1. The number of hydrogen-bond donors (Lipinski definition) is 1. The molecular weight excluding hydrogens is 279 g/mol. The van der Waals surface area contributed by atoms with Gasteiger partial charge in [-0.1, -0.05) is 24.6 Å². The highest BCUT2D eigenvalue weighted by molar-refractivity contribution is 6.30. The minimum atomic E-state index is -0.264. The summed E-state index contributed by atoms with van der Waals surface area (Å²) >= 11 is 5.83. The van der Waals surface area contributed by atoms with Crippen LogP contribution in [0.4, 0.5) is 4.39 Å². The van der Waals surface area contributed by atoms with E-state index < -0.39 is 0 Å². The Bertz CT molecular complexity index is 444. The van der Waals surface area contributed by atoms with E-state index in [-0.39, 0.29) is 18.0 Å². The van der Waals surface area contributed by atoms with Crippen molar-refractivity contribution in [3.63, 3.8) is 0 Å². The predicted octanol–water partition coefficient (Wildman–Crippen LogP) is 2.85. The minimum Gasteiger partial charge on any atom is -0.374 e. The van der Waals surface area contributed by atoms with Crippen molar-refractivity contribution in [2.24, 2.45) is 0 Å². The van der Waals surface area contributed by atoms with Gasteiger partial charge >= 0.3 is 0 Å². The number of hydrogen-bond acceptors (Lipinski definition) is 3. The third-order valence-electron chi connectivity index (χ3n) is 3.66. The van der Waals surface area contributed by atoms with Gasteiger partial charge < -0.3 is 10.1 Å². The van der Waals surface area contributed by atoms with E-state index >= 15 is 0 Å². The zero-order valence-electron chi connectivity index (χ0n) is 12.0. The van der Waals surface area contributed by atoms with E-state index in [2.05, 4.69) is 17.1 Å². The zero-order valence-corrected chi connectivity index (χ0v) is 12.8. The van der Waals surface area contributed by atoms with Crippen LogP contribution in [-0.4, -0.2) is 44.3 Å². The Morgan fingerprint density at radius 2 is 2.30 bits per heavy atom. The van der Waals surface area contributed by atoms with E-state index in [0.717, 1.165) is 26.1 Å². The van der Waals surface area contributed by atoms with Crippen LogP contribution < -0.4 is 5.32 Å². The maximum absolute atomic E-state index is 14.2. The van der Waals surface area contributed by atoms with Crippen molar-refractivity contribution in [2.45, 2.75) is 25.5 Å². The van der Waals surface area contributed by atoms with Gasteiger partial charge in [0.2, 0.25) is 0 Å². The summed E-state index contributed by atoms with van der Waals surface area (Å²) in [7, 11) is 2.01. The number of nitrogens with zero attached hydrogens (tertiary/aromatic N) is 1. The molecule has 0 spiro atoms. The normalized spacial score (nSPS) is 24.0. The molecule has 112 valence electrons. The number of ether oxygens (including phenoxy) is 1. The fraction of sp³-hybridized carbons (Fsp3) is 0.600. The van der Waals surface area contributed by atoms with Gasteiger partial charge in [0.1, 0.15) is 5.82 Å². The highest BCUT2D eigenvalue weighted by Crippen LogP contribution is 2.31. The molecule has 0 saturated carbocycles. The second-order valence-electron chi connectivity index (χ2n) is 5.20. The average molecular weight is 301 g/mol. The van der Waals surface area contributed by atoms with Gasteiger partial charge in [0, 0.05) is 23.7 Å². The molecule has 0 bridgehead atoms. The minimum absolute atomic E-state index is 0.0454. The SMILES string of the molecule is CCCNCC1OCCN(C)C1c1ccc(Cl)cc1F. The smallest absolute Gasteiger partial charge is 0.129 e. The van der Waals surface area contributed by atoms with Crippen molar-refractivity contribution in [1.29, 1.82) is 0 Å². The number of nitrogens with one attached hydrogen (secondary N) is 1. The van der Waals surface area contributed by atoms with E-state index in [4.69, 9.17) is 16.3 Å². The summed E-state index contributed by atoms with van der Waals surface area (Å²) in [4.78, 5) is 2.15. The quantitative estimate of drug-likeness (QED) is 0.846. The molecule has 0 aliphatic carbocycles. The van der Waals surface area contributed by atoms with Gasteiger partial charge in [0.05, 0.1) is 18.8 Å². The Kier molecular flexibility index (Phi) is 5.78. The second kappa shape index (κ2) is 7.36. The van der Waals surface area contributed by atoms with E-state index in [0.29, 0.717) is 17.2 Å². The van der Waals surface area contributed by atoms with Crippen LogP contribution in [0.1, 0.15) is 24.9 Å². The lowest BCUT2D eigenvalue weighted by atomic mass is 9.97. The van der Waals surface area contributed by atoms with Crippen LogP contribution in [0.25, 0.3) is 0 Å². The first kappa shape index (κ1) is 15.7. The van der Waals surface area contributed by atoms with Crippen LogP contribution in [0.5, 0.6) is 0 Å². The molecule has 1 heterocycles. The van der Waals surface area contributed by atoms with Crippen molar-refractivity contribution in [1.82, 2.24) is 10.2 Å². The summed E-state index contributed by atoms with van der Waals surface area (Å²) < 4.78 is 20.0. The summed E-state index contributed by atoms with van der Waals surface area (Å²) in [5.74, 6) is -0.264. The van der Waals surface area contributed by atoms with Crippen molar-refractivity contribution in [3.8, 4) is 0 Å². The number of morpholine rings is 1. The van der Waals surface area contributed by atoms with Crippen LogP contribution in [-0.2, 0) is 4.74 Å². The third-order valence-corrected chi connectivity index (χ3v) is 3.89. The summed E-state index contributed by atoms with van der Waals surface area (Å²) in [6.07, 6.45) is 1.03. The first-order chi connectivity index (χ1) is 9.63. The predicted molar refractivity (Wildman–Crippen MR) is 79.7 cm³/mol. The molecule has 1 aromatic rings. The van der Waals surface area contributed by atoms with Gasteiger partial charge in [-0.2, -0.15) is 0 Å². The van der Waals surface area contributed by atoms with E-state index in [1.165, 1.54) is 6.07 Å². The van der Waals surface area contributed by atoms with Gasteiger partial charge in [-0.15, -0.1) is 0 Å². The highest BCUT2D eigenvalue weighted by Gasteiger charge is 2.32. The van der Waals surface area contributed by atoms with Crippen molar-refractivity contribution in [2.75, 3.05) is 33.3 Å².